The maximum absolute atomic E-state index is 13.5. The van der Waals surface area contributed by atoms with E-state index >= 15 is 0 Å². The highest BCUT2D eigenvalue weighted by atomic mass is 16.3. The van der Waals surface area contributed by atoms with Gasteiger partial charge >= 0.3 is 0 Å². The average molecular weight is 395 g/mol. The molecular formula is C25H34N2O2. The lowest BCUT2D eigenvalue weighted by Crippen LogP contribution is -2.50. The molecule has 4 nitrogen and oxygen atoms in total. The van der Waals surface area contributed by atoms with Crippen molar-refractivity contribution >= 4 is 11.9 Å². The van der Waals surface area contributed by atoms with Crippen LogP contribution < -0.4 is 0 Å². The van der Waals surface area contributed by atoms with Gasteiger partial charge in [-0.15, -0.1) is 0 Å². The molecule has 156 valence electrons. The van der Waals surface area contributed by atoms with Crippen molar-refractivity contribution in [3.05, 3.63) is 35.2 Å². The lowest BCUT2D eigenvalue weighted by Gasteiger charge is -2.56. The van der Waals surface area contributed by atoms with Gasteiger partial charge in [-0.3, -0.25) is 9.48 Å². The van der Waals surface area contributed by atoms with Crippen molar-refractivity contribution in [1.29, 1.82) is 0 Å². The van der Waals surface area contributed by atoms with E-state index in [1.807, 2.05) is 16.9 Å². The van der Waals surface area contributed by atoms with Gasteiger partial charge in [-0.25, -0.2) is 0 Å². The number of allylic oxidation sites excluding steroid dienone is 2. The Hall–Kier alpha value is -1.68. The van der Waals surface area contributed by atoms with Gasteiger partial charge in [-0.2, -0.15) is 5.10 Å². The summed E-state index contributed by atoms with van der Waals surface area (Å²) in [7, 11) is 0. The molecule has 0 bridgehead atoms. The predicted molar refractivity (Wildman–Crippen MR) is 114 cm³/mol. The molecule has 3 saturated carbocycles. The smallest absolute Gasteiger partial charge is 0.165 e. The molecule has 1 heterocycles. The first-order chi connectivity index (χ1) is 13.8. The number of carbonyl (C=O) groups is 1. The molecule has 4 aliphatic rings. The molecule has 0 spiro atoms. The van der Waals surface area contributed by atoms with Gasteiger partial charge in [-0.1, -0.05) is 25.5 Å². The monoisotopic (exact) mass is 394 g/mol. The molecule has 0 saturated heterocycles. The summed E-state index contributed by atoms with van der Waals surface area (Å²) in [5, 5.41) is 14.8. The number of carbonyl (C=O) groups excluding carboxylic acids is 1. The number of Topliss-reactive ketones (excluding diaryl/α,β-unsaturated/α-hetero) is 1. The fraction of sp³-hybridized carbons (Fsp3) is 0.680. The number of hydrogen-bond acceptors (Lipinski definition) is 3. The van der Waals surface area contributed by atoms with Crippen LogP contribution in [0.4, 0.5) is 0 Å². The molecule has 4 aliphatic carbocycles. The highest BCUT2D eigenvalue weighted by Crippen LogP contribution is 2.64. The first-order valence-electron chi connectivity index (χ1n) is 11.5. The number of fused-ring (bicyclic) bond motifs is 5. The lowest BCUT2D eigenvalue weighted by atomic mass is 9.48. The highest BCUT2D eigenvalue weighted by Gasteiger charge is 2.59. The average Bonchev–Trinajstić information content (AvgIpc) is 3.26. The molecule has 5 rings (SSSR count). The minimum absolute atomic E-state index is 0.162. The molecule has 1 aromatic rings. The van der Waals surface area contributed by atoms with Gasteiger partial charge in [0, 0.05) is 18.2 Å². The number of nitrogens with zero attached hydrogens (tertiary/aromatic N) is 2. The van der Waals surface area contributed by atoms with Crippen molar-refractivity contribution in [1.82, 2.24) is 9.78 Å². The summed E-state index contributed by atoms with van der Waals surface area (Å²) in [5.41, 5.74) is 3.40. The molecule has 0 aliphatic heterocycles. The Morgan fingerprint density at radius 1 is 1.21 bits per heavy atom. The number of rotatable bonds is 2. The van der Waals surface area contributed by atoms with Crippen LogP contribution in [-0.2, 0) is 11.3 Å². The molecule has 0 amide bonds. The molecule has 6 unspecified atom stereocenters. The van der Waals surface area contributed by atoms with Crippen LogP contribution in [0.5, 0.6) is 0 Å². The van der Waals surface area contributed by atoms with E-state index in [0.717, 1.165) is 62.8 Å². The Kier molecular flexibility index (Phi) is 4.43. The normalized spacial score (nSPS) is 43.0. The summed E-state index contributed by atoms with van der Waals surface area (Å²) in [6, 6.07) is 2.01. The first kappa shape index (κ1) is 19.3. The molecule has 3 fully saturated rings. The minimum atomic E-state index is -0.212. The molecule has 1 N–H and O–H groups in total. The van der Waals surface area contributed by atoms with Crippen LogP contribution in [0.15, 0.2) is 29.5 Å². The van der Waals surface area contributed by atoms with E-state index in [2.05, 4.69) is 38.0 Å². The summed E-state index contributed by atoms with van der Waals surface area (Å²) in [4.78, 5) is 13.5. The van der Waals surface area contributed by atoms with Gasteiger partial charge in [0.15, 0.2) is 5.78 Å². The summed E-state index contributed by atoms with van der Waals surface area (Å²) >= 11 is 0. The summed E-state index contributed by atoms with van der Waals surface area (Å²) < 4.78 is 1.92. The standard InChI is InChI=1S/C25H34N2O2/c1-4-27-12-9-18(26-27)13-16-14-22-20-6-5-17-15-19(28)7-10-24(17,2)21(20)8-11-25(22,3)23(16)29/h5,9,12-13,19-22,28H,4,6-8,10-11,14-15H2,1-3H3/b16-13+. The van der Waals surface area contributed by atoms with Gasteiger partial charge in [0.25, 0.3) is 0 Å². The van der Waals surface area contributed by atoms with E-state index in [1.54, 1.807) is 0 Å². The number of aliphatic hydroxyl groups is 1. The summed E-state index contributed by atoms with van der Waals surface area (Å²) in [5.74, 6) is 2.04. The van der Waals surface area contributed by atoms with E-state index in [-0.39, 0.29) is 16.9 Å². The van der Waals surface area contributed by atoms with Crippen LogP contribution in [0.2, 0.25) is 0 Å². The summed E-state index contributed by atoms with van der Waals surface area (Å²) in [6.45, 7) is 7.60. The van der Waals surface area contributed by atoms with Crippen molar-refractivity contribution in [3.8, 4) is 0 Å². The predicted octanol–water partition coefficient (Wildman–Crippen LogP) is 4.79. The fourth-order valence-electron chi connectivity index (χ4n) is 7.25. The second-order valence-electron chi connectivity index (χ2n) is 10.4. The van der Waals surface area contributed by atoms with Crippen molar-refractivity contribution in [2.24, 2.45) is 28.6 Å². The second-order valence-corrected chi connectivity index (χ2v) is 10.4. The zero-order valence-electron chi connectivity index (χ0n) is 18.0. The van der Waals surface area contributed by atoms with E-state index < -0.39 is 0 Å². The number of aryl methyl sites for hydroxylation is 1. The van der Waals surface area contributed by atoms with Crippen LogP contribution in [-0.4, -0.2) is 26.8 Å². The van der Waals surface area contributed by atoms with Crippen LogP contribution in [0, 0.1) is 28.6 Å². The third kappa shape index (κ3) is 2.82. The zero-order valence-corrected chi connectivity index (χ0v) is 18.0. The zero-order chi connectivity index (χ0) is 20.4. The van der Waals surface area contributed by atoms with Crippen molar-refractivity contribution in [2.45, 2.75) is 78.4 Å². The molecular weight excluding hydrogens is 360 g/mol. The fourth-order valence-corrected chi connectivity index (χ4v) is 7.25. The number of ketones is 1. The second kappa shape index (κ2) is 6.66. The number of hydrogen-bond donors (Lipinski definition) is 1. The quantitative estimate of drug-likeness (QED) is 0.580. The number of aliphatic hydroxyl groups excluding tert-OH is 1. The third-order valence-electron chi connectivity index (χ3n) is 9.03. The van der Waals surface area contributed by atoms with Crippen molar-refractivity contribution in [2.75, 3.05) is 0 Å². The number of aromatic nitrogens is 2. The maximum atomic E-state index is 13.5. The van der Waals surface area contributed by atoms with Crippen molar-refractivity contribution < 1.29 is 9.90 Å². The van der Waals surface area contributed by atoms with Crippen LogP contribution in [0.3, 0.4) is 0 Å². The highest BCUT2D eigenvalue weighted by molar-refractivity contribution is 6.05. The van der Waals surface area contributed by atoms with Gasteiger partial charge in [0.1, 0.15) is 0 Å². The molecule has 0 radical (unpaired) electrons. The Balaban J connectivity index is 1.46. The third-order valence-corrected chi connectivity index (χ3v) is 9.03. The van der Waals surface area contributed by atoms with Crippen LogP contribution in [0.25, 0.3) is 6.08 Å². The van der Waals surface area contributed by atoms with Gasteiger partial charge < -0.3 is 5.11 Å². The maximum Gasteiger partial charge on any atom is 0.165 e. The lowest BCUT2D eigenvalue weighted by molar-refractivity contribution is -0.130. The minimum Gasteiger partial charge on any atom is -0.393 e. The molecule has 4 heteroatoms. The first-order valence-corrected chi connectivity index (χ1v) is 11.5. The van der Waals surface area contributed by atoms with E-state index in [0.29, 0.717) is 23.5 Å². The molecule has 0 aromatic carbocycles. The molecule has 6 atom stereocenters. The SMILES string of the molecule is CCn1ccc(/C=C2\CC3C4CC=C5CC(O)CCC5(C)C4CCC3(C)C2=O)n1. The molecule has 29 heavy (non-hydrogen) atoms. The van der Waals surface area contributed by atoms with Crippen LogP contribution in [0.1, 0.15) is 71.4 Å². The van der Waals surface area contributed by atoms with Crippen LogP contribution >= 0.6 is 0 Å². The van der Waals surface area contributed by atoms with Gasteiger partial charge in [-0.05, 0) is 92.8 Å². The molecule has 1 aromatic heterocycles. The van der Waals surface area contributed by atoms with E-state index in [1.165, 1.54) is 5.57 Å². The summed E-state index contributed by atoms with van der Waals surface area (Å²) in [6.07, 6.45) is 13.3. The van der Waals surface area contributed by atoms with Gasteiger partial charge in [0.2, 0.25) is 0 Å². The van der Waals surface area contributed by atoms with Gasteiger partial charge in [0.05, 0.1) is 11.8 Å². The Morgan fingerprint density at radius 3 is 2.76 bits per heavy atom. The largest absolute Gasteiger partial charge is 0.393 e. The topological polar surface area (TPSA) is 55.1 Å². The Labute approximate surface area is 174 Å². The van der Waals surface area contributed by atoms with Crippen molar-refractivity contribution in [3.63, 3.8) is 0 Å². The van der Waals surface area contributed by atoms with E-state index in [4.69, 9.17) is 0 Å². The Bertz CT molecular complexity index is 896. The Morgan fingerprint density at radius 2 is 2.00 bits per heavy atom. The van der Waals surface area contributed by atoms with E-state index in [9.17, 15) is 9.90 Å².